The van der Waals surface area contributed by atoms with Gasteiger partial charge >= 0.3 is 0 Å². The van der Waals surface area contributed by atoms with Crippen molar-refractivity contribution in [2.75, 3.05) is 40.0 Å². The zero-order chi connectivity index (χ0) is 18.6. The lowest BCUT2D eigenvalue weighted by Gasteiger charge is -2.13. The van der Waals surface area contributed by atoms with Gasteiger partial charge in [-0.25, -0.2) is 8.78 Å². The monoisotopic (exact) mass is 367 g/mol. The van der Waals surface area contributed by atoms with E-state index in [1.54, 1.807) is 13.4 Å². The second-order valence-corrected chi connectivity index (χ2v) is 5.33. The molecule has 0 saturated heterocycles. The maximum Gasteiger partial charge on any atom is 0.191 e. The first-order valence-electron chi connectivity index (χ1n) is 8.30. The third kappa shape index (κ3) is 7.10. The molecule has 142 valence electrons. The van der Waals surface area contributed by atoms with Gasteiger partial charge in [-0.1, -0.05) is 0 Å². The summed E-state index contributed by atoms with van der Waals surface area (Å²) in [6.07, 6.45) is 2.35. The first kappa shape index (κ1) is 19.7. The number of benzene rings is 1. The molecule has 26 heavy (non-hydrogen) atoms. The van der Waals surface area contributed by atoms with E-state index in [0.717, 1.165) is 24.3 Å². The molecule has 2 aromatic rings. The van der Waals surface area contributed by atoms with Gasteiger partial charge in [-0.3, -0.25) is 4.99 Å². The second-order valence-electron chi connectivity index (χ2n) is 5.33. The topological polar surface area (TPSA) is 68.0 Å². The van der Waals surface area contributed by atoms with Gasteiger partial charge < -0.3 is 24.5 Å². The normalized spacial score (nSPS) is 11.4. The first-order chi connectivity index (χ1) is 12.7. The number of nitrogens with one attached hydrogen (secondary N) is 2. The molecule has 0 atom stereocenters. The number of guanidine groups is 1. The number of rotatable bonds is 10. The maximum absolute atomic E-state index is 13.5. The van der Waals surface area contributed by atoms with E-state index >= 15 is 0 Å². The SMILES string of the molecule is COCCN=C(NCCOc1ccc(F)cc1F)NCCc1ccco1. The van der Waals surface area contributed by atoms with Gasteiger partial charge in [0, 0.05) is 26.1 Å². The Kier molecular flexibility index (Phi) is 8.41. The van der Waals surface area contributed by atoms with Crippen LogP contribution in [0.15, 0.2) is 46.0 Å². The van der Waals surface area contributed by atoms with Crippen LogP contribution < -0.4 is 15.4 Å². The van der Waals surface area contributed by atoms with Gasteiger partial charge in [0.2, 0.25) is 0 Å². The average molecular weight is 367 g/mol. The van der Waals surface area contributed by atoms with E-state index in [2.05, 4.69) is 15.6 Å². The van der Waals surface area contributed by atoms with Crippen LogP contribution in [0.1, 0.15) is 5.76 Å². The third-order valence-corrected chi connectivity index (χ3v) is 3.36. The Labute approximate surface area is 151 Å². The van der Waals surface area contributed by atoms with Crippen LogP contribution in [0.2, 0.25) is 0 Å². The van der Waals surface area contributed by atoms with E-state index in [1.807, 2.05) is 12.1 Å². The molecular formula is C18H23F2N3O3. The van der Waals surface area contributed by atoms with Gasteiger partial charge in [-0.05, 0) is 24.3 Å². The fourth-order valence-corrected chi connectivity index (χ4v) is 2.10. The molecule has 1 aromatic heterocycles. The predicted octanol–water partition coefficient (Wildman–Crippen LogP) is 2.36. The third-order valence-electron chi connectivity index (χ3n) is 3.36. The predicted molar refractivity (Wildman–Crippen MR) is 94.4 cm³/mol. The van der Waals surface area contributed by atoms with E-state index < -0.39 is 11.6 Å². The van der Waals surface area contributed by atoms with Gasteiger partial charge in [-0.2, -0.15) is 0 Å². The van der Waals surface area contributed by atoms with Crippen molar-refractivity contribution in [3.05, 3.63) is 54.0 Å². The summed E-state index contributed by atoms with van der Waals surface area (Å²) in [5.74, 6) is 0.120. The van der Waals surface area contributed by atoms with Gasteiger partial charge in [0.05, 0.1) is 26.0 Å². The molecule has 6 nitrogen and oxygen atoms in total. The number of nitrogens with zero attached hydrogens (tertiary/aromatic N) is 1. The molecule has 0 aliphatic carbocycles. The highest BCUT2D eigenvalue weighted by atomic mass is 19.1. The van der Waals surface area contributed by atoms with Gasteiger partial charge in [0.15, 0.2) is 17.5 Å². The molecule has 0 spiro atoms. The van der Waals surface area contributed by atoms with Crippen molar-refractivity contribution in [3.63, 3.8) is 0 Å². The number of aliphatic imine (C=N–C) groups is 1. The standard InChI is InChI=1S/C18H23F2N3O3/c1-24-11-8-22-18(21-7-6-15-3-2-10-25-15)23-9-12-26-17-5-4-14(19)13-16(17)20/h2-5,10,13H,6-9,11-12H2,1H3,(H2,21,22,23). The molecule has 1 aromatic carbocycles. The minimum Gasteiger partial charge on any atom is -0.489 e. The van der Waals surface area contributed by atoms with E-state index in [-0.39, 0.29) is 12.4 Å². The number of halogens is 2. The second kappa shape index (κ2) is 11.1. The molecule has 0 aliphatic rings. The van der Waals surface area contributed by atoms with Crippen molar-refractivity contribution in [3.8, 4) is 5.75 Å². The number of furan rings is 1. The van der Waals surface area contributed by atoms with E-state index in [1.165, 1.54) is 6.07 Å². The maximum atomic E-state index is 13.5. The lowest BCUT2D eigenvalue weighted by Crippen LogP contribution is -2.40. The average Bonchev–Trinajstić information content (AvgIpc) is 3.13. The van der Waals surface area contributed by atoms with Crippen LogP contribution in [0, 0.1) is 11.6 Å². The molecule has 0 unspecified atom stereocenters. The van der Waals surface area contributed by atoms with Crippen molar-refractivity contribution in [1.82, 2.24) is 10.6 Å². The summed E-state index contributed by atoms with van der Waals surface area (Å²) in [7, 11) is 1.61. The summed E-state index contributed by atoms with van der Waals surface area (Å²) in [6.45, 7) is 2.24. The number of hydrogen-bond donors (Lipinski definition) is 2. The summed E-state index contributed by atoms with van der Waals surface area (Å²) in [5.41, 5.74) is 0. The van der Waals surface area contributed by atoms with Gasteiger partial charge in [-0.15, -0.1) is 0 Å². The smallest absolute Gasteiger partial charge is 0.191 e. The number of ether oxygens (including phenoxy) is 2. The van der Waals surface area contributed by atoms with Crippen molar-refractivity contribution in [2.45, 2.75) is 6.42 Å². The fourth-order valence-electron chi connectivity index (χ4n) is 2.10. The van der Waals surface area contributed by atoms with Crippen LogP contribution in [0.5, 0.6) is 5.75 Å². The summed E-state index contributed by atoms with van der Waals surface area (Å²) < 4.78 is 41.9. The zero-order valence-electron chi connectivity index (χ0n) is 14.6. The molecule has 0 aliphatic heterocycles. The Bertz CT molecular complexity index is 678. The van der Waals surface area contributed by atoms with Crippen molar-refractivity contribution in [1.29, 1.82) is 0 Å². The van der Waals surface area contributed by atoms with E-state index in [0.29, 0.717) is 32.2 Å². The molecule has 0 bridgehead atoms. The minimum atomic E-state index is -0.726. The van der Waals surface area contributed by atoms with E-state index in [4.69, 9.17) is 13.9 Å². The van der Waals surface area contributed by atoms with Crippen LogP contribution >= 0.6 is 0 Å². The summed E-state index contributed by atoms with van der Waals surface area (Å²) in [6, 6.07) is 6.95. The van der Waals surface area contributed by atoms with Crippen LogP contribution in [-0.4, -0.2) is 45.9 Å². The highest BCUT2D eigenvalue weighted by Crippen LogP contribution is 2.17. The molecule has 0 amide bonds. The fraction of sp³-hybridized carbons (Fsp3) is 0.389. The molecule has 1 heterocycles. The molecule has 0 saturated carbocycles. The zero-order valence-corrected chi connectivity index (χ0v) is 14.6. The highest BCUT2D eigenvalue weighted by molar-refractivity contribution is 5.79. The lowest BCUT2D eigenvalue weighted by atomic mass is 10.3. The lowest BCUT2D eigenvalue weighted by molar-refractivity contribution is 0.208. The molecule has 0 fully saturated rings. The summed E-state index contributed by atoms with van der Waals surface area (Å²) >= 11 is 0. The Morgan fingerprint density at radius 3 is 2.73 bits per heavy atom. The van der Waals surface area contributed by atoms with Crippen molar-refractivity contribution < 1.29 is 22.7 Å². The van der Waals surface area contributed by atoms with Crippen molar-refractivity contribution in [2.24, 2.45) is 4.99 Å². The van der Waals surface area contributed by atoms with Crippen molar-refractivity contribution >= 4 is 5.96 Å². The Morgan fingerprint density at radius 2 is 2.00 bits per heavy atom. The van der Waals surface area contributed by atoms with Gasteiger partial charge in [0.25, 0.3) is 0 Å². The largest absolute Gasteiger partial charge is 0.489 e. The molecule has 0 radical (unpaired) electrons. The molecule has 2 rings (SSSR count). The highest BCUT2D eigenvalue weighted by Gasteiger charge is 2.05. The summed E-state index contributed by atoms with van der Waals surface area (Å²) in [4.78, 5) is 4.37. The number of hydrogen-bond acceptors (Lipinski definition) is 4. The molecule has 2 N–H and O–H groups in total. The van der Waals surface area contributed by atoms with Gasteiger partial charge in [0.1, 0.15) is 18.2 Å². The first-order valence-corrected chi connectivity index (χ1v) is 8.30. The van der Waals surface area contributed by atoms with Crippen LogP contribution in [0.4, 0.5) is 8.78 Å². The van der Waals surface area contributed by atoms with Crippen LogP contribution in [-0.2, 0) is 11.2 Å². The van der Waals surface area contributed by atoms with Crippen LogP contribution in [0.3, 0.4) is 0 Å². The van der Waals surface area contributed by atoms with Crippen LogP contribution in [0.25, 0.3) is 0 Å². The minimum absolute atomic E-state index is 0.0110. The Hall–Kier alpha value is -2.61. The summed E-state index contributed by atoms with van der Waals surface area (Å²) in [5, 5.41) is 6.27. The quantitative estimate of drug-likeness (QED) is 0.383. The Morgan fingerprint density at radius 1 is 1.15 bits per heavy atom. The number of methoxy groups -OCH3 is 1. The Balaban J connectivity index is 1.75. The molecular weight excluding hydrogens is 344 g/mol. The molecule has 8 heteroatoms. The van der Waals surface area contributed by atoms with E-state index in [9.17, 15) is 8.78 Å².